The van der Waals surface area contributed by atoms with Crippen molar-refractivity contribution in [2.24, 2.45) is 5.92 Å². The van der Waals surface area contributed by atoms with Crippen molar-refractivity contribution >= 4 is 0 Å². The minimum Gasteiger partial charge on any atom is -0.396 e. The zero-order valence-corrected chi connectivity index (χ0v) is 13.5. The van der Waals surface area contributed by atoms with Gasteiger partial charge in [0.25, 0.3) is 0 Å². The third kappa shape index (κ3) is 5.42. The molecule has 0 amide bonds. The van der Waals surface area contributed by atoms with Crippen molar-refractivity contribution in [2.75, 3.05) is 26.2 Å². The average Bonchev–Trinajstić information content (AvgIpc) is 2.54. The van der Waals surface area contributed by atoms with E-state index in [1.54, 1.807) is 0 Å². The molecule has 2 unspecified atom stereocenters. The van der Waals surface area contributed by atoms with E-state index in [0.717, 1.165) is 6.42 Å². The molecule has 2 N–H and O–H groups in total. The first-order valence-electron chi connectivity index (χ1n) is 8.32. The van der Waals surface area contributed by atoms with E-state index in [1.165, 1.54) is 38.0 Å². The summed E-state index contributed by atoms with van der Waals surface area (Å²) in [5.41, 5.74) is 1.43. The SMILES string of the molecule is CC(CO)C(C)NC1CCN(CCc2ccccc2)CC1. The van der Waals surface area contributed by atoms with E-state index in [0.29, 0.717) is 18.0 Å². The lowest BCUT2D eigenvalue weighted by Gasteiger charge is -2.35. The molecule has 1 aromatic carbocycles. The normalized spacial score (nSPS) is 20.3. The van der Waals surface area contributed by atoms with E-state index < -0.39 is 0 Å². The Balaban J connectivity index is 1.66. The van der Waals surface area contributed by atoms with E-state index in [9.17, 15) is 5.11 Å². The number of hydrogen-bond acceptors (Lipinski definition) is 3. The van der Waals surface area contributed by atoms with Crippen LogP contribution in [0.4, 0.5) is 0 Å². The molecule has 1 aliphatic rings. The third-order valence-corrected chi connectivity index (χ3v) is 4.79. The smallest absolute Gasteiger partial charge is 0.0471 e. The Hall–Kier alpha value is -0.900. The fraction of sp³-hybridized carbons (Fsp3) is 0.667. The molecule has 1 fully saturated rings. The highest BCUT2D eigenvalue weighted by Crippen LogP contribution is 2.13. The Morgan fingerprint density at radius 1 is 1.19 bits per heavy atom. The van der Waals surface area contributed by atoms with E-state index in [-0.39, 0.29) is 6.61 Å². The largest absolute Gasteiger partial charge is 0.396 e. The van der Waals surface area contributed by atoms with Crippen LogP contribution < -0.4 is 5.32 Å². The second-order valence-corrected chi connectivity index (χ2v) is 6.47. The van der Waals surface area contributed by atoms with E-state index in [1.807, 2.05) is 0 Å². The summed E-state index contributed by atoms with van der Waals surface area (Å²) in [5, 5.41) is 12.9. The van der Waals surface area contributed by atoms with Crippen LogP contribution in [0.3, 0.4) is 0 Å². The van der Waals surface area contributed by atoms with Crippen molar-refractivity contribution in [3.8, 4) is 0 Å². The second kappa shape index (κ2) is 8.52. The quantitative estimate of drug-likeness (QED) is 0.809. The van der Waals surface area contributed by atoms with Gasteiger partial charge < -0.3 is 15.3 Å². The minimum atomic E-state index is 0.268. The van der Waals surface area contributed by atoms with Crippen molar-refractivity contribution in [2.45, 2.75) is 45.2 Å². The first-order valence-corrected chi connectivity index (χ1v) is 8.32. The highest BCUT2D eigenvalue weighted by molar-refractivity contribution is 5.14. The Morgan fingerprint density at radius 2 is 1.86 bits per heavy atom. The molecule has 0 aliphatic carbocycles. The van der Waals surface area contributed by atoms with E-state index in [2.05, 4.69) is 54.4 Å². The van der Waals surface area contributed by atoms with Crippen molar-refractivity contribution in [3.05, 3.63) is 35.9 Å². The number of aliphatic hydroxyl groups excluding tert-OH is 1. The van der Waals surface area contributed by atoms with Gasteiger partial charge in [0, 0.05) is 25.2 Å². The molecule has 0 bridgehead atoms. The Morgan fingerprint density at radius 3 is 2.48 bits per heavy atom. The van der Waals surface area contributed by atoms with Crippen LogP contribution in [-0.4, -0.2) is 48.3 Å². The van der Waals surface area contributed by atoms with Gasteiger partial charge in [0.2, 0.25) is 0 Å². The molecule has 3 nitrogen and oxygen atoms in total. The number of nitrogens with one attached hydrogen (secondary N) is 1. The first kappa shape index (κ1) is 16.5. The van der Waals surface area contributed by atoms with Crippen LogP contribution >= 0.6 is 0 Å². The molecular formula is C18H30N2O. The highest BCUT2D eigenvalue weighted by Gasteiger charge is 2.21. The van der Waals surface area contributed by atoms with Gasteiger partial charge in [-0.15, -0.1) is 0 Å². The van der Waals surface area contributed by atoms with Gasteiger partial charge >= 0.3 is 0 Å². The molecule has 0 spiro atoms. The molecule has 118 valence electrons. The number of benzene rings is 1. The second-order valence-electron chi connectivity index (χ2n) is 6.47. The summed E-state index contributed by atoms with van der Waals surface area (Å²) in [6.45, 7) is 8.09. The van der Waals surface area contributed by atoms with Gasteiger partial charge in [-0.1, -0.05) is 37.3 Å². The average molecular weight is 290 g/mol. The Bertz CT molecular complexity index is 387. The fourth-order valence-corrected chi connectivity index (χ4v) is 2.95. The van der Waals surface area contributed by atoms with Crippen LogP contribution in [0.2, 0.25) is 0 Å². The summed E-state index contributed by atoms with van der Waals surface area (Å²) in [6, 6.07) is 11.8. The highest BCUT2D eigenvalue weighted by atomic mass is 16.3. The molecular weight excluding hydrogens is 260 g/mol. The first-order chi connectivity index (χ1) is 10.2. The number of aliphatic hydroxyl groups is 1. The van der Waals surface area contributed by atoms with E-state index >= 15 is 0 Å². The molecule has 0 radical (unpaired) electrons. The number of likely N-dealkylation sites (tertiary alicyclic amines) is 1. The van der Waals surface area contributed by atoms with Crippen molar-refractivity contribution in [1.82, 2.24) is 10.2 Å². The topological polar surface area (TPSA) is 35.5 Å². The lowest BCUT2D eigenvalue weighted by molar-refractivity contribution is 0.166. The number of piperidine rings is 1. The monoisotopic (exact) mass is 290 g/mol. The van der Waals surface area contributed by atoms with Gasteiger partial charge in [0.15, 0.2) is 0 Å². The molecule has 1 aromatic rings. The maximum absolute atomic E-state index is 9.21. The van der Waals surface area contributed by atoms with E-state index in [4.69, 9.17) is 0 Å². The summed E-state index contributed by atoms with van der Waals surface area (Å²) in [5.74, 6) is 0.334. The maximum Gasteiger partial charge on any atom is 0.0471 e. The minimum absolute atomic E-state index is 0.268. The zero-order valence-electron chi connectivity index (χ0n) is 13.5. The Labute approximate surface area is 129 Å². The molecule has 1 saturated heterocycles. The van der Waals surface area contributed by atoms with Crippen molar-refractivity contribution in [3.63, 3.8) is 0 Å². The zero-order chi connectivity index (χ0) is 15.1. The lowest BCUT2D eigenvalue weighted by atomic mass is 9.99. The molecule has 0 aromatic heterocycles. The summed E-state index contributed by atoms with van der Waals surface area (Å²) in [7, 11) is 0. The van der Waals surface area contributed by atoms with Crippen LogP contribution in [0.25, 0.3) is 0 Å². The molecule has 1 aliphatic heterocycles. The van der Waals surface area contributed by atoms with Crippen LogP contribution in [-0.2, 0) is 6.42 Å². The summed E-state index contributed by atoms with van der Waals surface area (Å²) >= 11 is 0. The summed E-state index contributed by atoms with van der Waals surface area (Å²) in [6.07, 6.45) is 3.59. The van der Waals surface area contributed by atoms with Gasteiger partial charge in [-0.25, -0.2) is 0 Å². The molecule has 1 heterocycles. The summed E-state index contributed by atoms with van der Waals surface area (Å²) in [4.78, 5) is 2.57. The third-order valence-electron chi connectivity index (χ3n) is 4.79. The maximum atomic E-state index is 9.21. The molecule has 21 heavy (non-hydrogen) atoms. The predicted octanol–water partition coefficient (Wildman–Crippen LogP) is 2.30. The van der Waals surface area contributed by atoms with Crippen LogP contribution in [0, 0.1) is 5.92 Å². The van der Waals surface area contributed by atoms with Gasteiger partial charge in [-0.3, -0.25) is 0 Å². The van der Waals surface area contributed by atoms with Crippen LogP contribution in [0.5, 0.6) is 0 Å². The molecule has 2 atom stereocenters. The lowest BCUT2D eigenvalue weighted by Crippen LogP contribution is -2.47. The van der Waals surface area contributed by atoms with Gasteiger partial charge in [0.1, 0.15) is 0 Å². The van der Waals surface area contributed by atoms with Gasteiger partial charge in [0.05, 0.1) is 0 Å². The van der Waals surface area contributed by atoms with Crippen molar-refractivity contribution in [1.29, 1.82) is 0 Å². The molecule has 0 saturated carbocycles. The molecule has 2 rings (SSSR count). The van der Waals surface area contributed by atoms with Gasteiger partial charge in [-0.05, 0) is 50.8 Å². The standard InChI is InChI=1S/C18H30N2O/c1-15(14-21)16(2)19-18-9-12-20(13-10-18)11-8-17-6-4-3-5-7-17/h3-7,15-16,18-19,21H,8-14H2,1-2H3. The number of hydrogen-bond donors (Lipinski definition) is 2. The summed E-state index contributed by atoms with van der Waals surface area (Å²) < 4.78 is 0. The van der Waals surface area contributed by atoms with Crippen molar-refractivity contribution < 1.29 is 5.11 Å². The number of nitrogens with zero attached hydrogens (tertiary/aromatic N) is 1. The van der Waals surface area contributed by atoms with Crippen LogP contribution in [0.15, 0.2) is 30.3 Å². The number of rotatable bonds is 7. The fourth-order valence-electron chi connectivity index (χ4n) is 2.95. The molecule has 3 heteroatoms. The van der Waals surface area contributed by atoms with Crippen LogP contribution in [0.1, 0.15) is 32.3 Å². The van der Waals surface area contributed by atoms with Gasteiger partial charge in [-0.2, -0.15) is 0 Å². The Kier molecular flexibility index (Phi) is 6.68. The predicted molar refractivity (Wildman–Crippen MR) is 88.5 cm³/mol.